The second-order valence-corrected chi connectivity index (χ2v) is 5.33. The van der Waals surface area contributed by atoms with Gasteiger partial charge < -0.3 is 9.67 Å². The van der Waals surface area contributed by atoms with Crippen LogP contribution >= 0.6 is 0 Å². The molecule has 106 valence electrons. The third-order valence-electron chi connectivity index (χ3n) is 4.13. The van der Waals surface area contributed by atoms with Crippen LogP contribution in [0.2, 0.25) is 0 Å². The molecular formula is C15H19N3O2. The first-order chi connectivity index (χ1) is 9.63. The van der Waals surface area contributed by atoms with Gasteiger partial charge >= 0.3 is 0 Å². The molecule has 0 spiro atoms. The van der Waals surface area contributed by atoms with Crippen molar-refractivity contribution in [2.75, 3.05) is 0 Å². The highest BCUT2D eigenvalue weighted by Crippen LogP contribution is 2.32. The molecule has 2 aromatic rings. The number of nitrogens with one attached hydrogen (secondary N) is 2. The monoisotopic (exact) mass is 273 g/mol. The molecule has 1 aromatic heterocycles. The van der Waals surface area contributed by atoms with E-state index in [-0.39, 0.29) is 17.4 Å². The number of fused-ring (bicyclic) bond motifs is 1. The summed E-state index contributed by atoms with van der Waals surface area (Å²) in [6, 6.07) is 7.59. The number of pyridine rings is 1. The molecule has 2 heterocycles. The standard InChI is InChI=1S/C15H19N3O2/c1-3-9-8-11(17-16-9)13-14(19)10-6-4-5-7-12(10)18(2)15(13)20/h4-7,9,11,16-17,19H,3,8H2,1-2H3. The molecule has 1 aliphatic rings. The Morgan fingerprint density at radius 2 is 2.10 bits per heavy atom. The Kier molecular flexibility index (Phi) is 3.23. The molecule has 0 radical (unpaired) electrons. The lowest BCUT2D eigenvalue weighted by atomic mass is 9.99. The second kappa shape index (κ2) is 4.92. The minimum absolute atomic E-state index is 0.0970. The zero-order valence-corrected chi connectivity index (χ0v) is 11.7. The van der Waals surface area contributed by atoms with E-state index in [4.69, 9.17) is 0 Å². The maximum atomic E-state index is 12.5. The van der Waals surface area contributed by atoms with Gasteiger partial charge in [0.1, 0.15) is 5.75 Å². The van der Waals surface area contributed by atoms with Gasteiger partial charge in [0.05, 0.1) is 17.1 Å². The van der Waals surface area contributed by atoms with Gasteiger partial charge in [0.15, 0.2) is 0 Å². The van der Waals surface area contributed by atoms with Gasteiger partial charge in [0.25, 0.3) is 5.56 Å². The van der Waals surface area contributed by atoms with E-state index in [0.29, 0.717) is 17.0 Å². The van der Waals surface area contributed by atoms with Crippen molar-refractivity contribution in [1.29, 1.82) is 0 Å². The second-order valence-electron chi connectivity index (χ2n) is 5.33. The lowest BCUT2D eigenvalue weighted by Gasteiger charge is -2.15. The van der Waals surface area contributed by atoms with E-state index >= 15 is 0 Å². The number of aromatic nitrogens is 1. The Labute approximate surface area is 117 Å². The number of rotatable bonds is 2. The highest BCUT2D eigenvalue weighted by atomic mass is 16.3. The molecule has 1 aromatic carbocycles. The van der Waals surface area contributed by atoms with Gasteiger partial charge in [0.2, 0.25) is 0 Å². The van der Waals surface area contributed by atoms with E-state index in [0.717, 1.165) is 18.4 Å². The van der Waals surface area contributed by atoms with Gasteiger partial charge in [-0.25, -0.2) is 5.43 Å². The van der Waals surface area contributed by atoms with Gasteiger partial charge in [-0.05, 0) is 25.0 Å². The summed E-state index contributed by atoms with van der Waals surface area (Å²) in [4.78, 5) is 12.5. The largest absolute Gasteiger partial charge is 0.507 e. The smallest absolute Gasteiger partial charge is 0.259 e. The Morgan fingerprint density at radius 1 is 1.35 bits per heavy atom. The first kappa shape index (κ1) is 13.1. The molecule has 0 saturated carbocycles. The van der Waals surface area contributed by atoms with Crippen LogP contribution in [-0.2, 0) is 7.05 Å². The first-order valence-electron chi connectivity index (χ1n) is 6.95. The van der Waals surface area contributed by atoms with Crippen LogP contribution in [0.15, 0.2) is 29.1 Å². The van der Waals surface area contributed by atoms with E-state index in [9.17, 15) is 9.90 Å². The minimum atomic E-state index is -0.150. The van der Waals surface area contributed by atoms with Gasteiger partial charge in [-0.2, -0.15) is 0 Å². The topological polar surface area (TPSA) is 66.3 Å². The zero-order valence-electron chi connectivity index (χ0n) is 11.7. The van der Waals surface area contributed by atoms with E-state index in [1.54, 1.807) is 11.6 Å². The number of aryl methyl sites for hydroxylation is 1. The molecule has 3 rings (SSSR count). The Balaban J connectivity index is 2.19. The molecule has 1 fully saturated rings. The minimum Gasteiger partial charge on any atom is -0.507 e. The SMILES string of the molecule is CCC1CC(c2c(O)c3ccccc3n(C)c2=O)NN1. The fourth-order valence-corrected chi connectivity index (χ4v) is 2.90. The van der Waals surface area contributed by atoms with Crippen molar-refractivity contribution in [3.8, 4) is 5.75 Å². The van der Waals surface area contributed by atoms with Crippen LogP contribution in [0.3, 0.4) is 0 Å². The molecule has 3 N–H and O–H groups in total. The number of nitrogens with zero attached hydrogens (tertiary/aromatic N) is 1. The summed E-state index contributed by atoms with van der Waals surface area (Å²) in [5, 5.41) is 11.2. The van der Waals surface area contributed by atoms with Crippen LogP contribution < -0.4 is 16.4 Å². The number of para-hydroxylation sites is 1. The first-order valence-corrected chi connectivity index (χ1v) is 6.95. The van der Waals surface area contributed by atoms with Crippen molar-refractivity contribution in [2.45, 2.75) is 31.8 Å². The predicted molar refractivity (Wildman–Crippen MR) is 78.6 cm³/mol. The molecule has 5 heteroatoms. The third kappa shape index (κ3) is 1.90. The van der Waals surface area contributed by atoms with Gasteiger partial charge in [-0.15, -0.1) is 0 Å². The van der Waals surface area contributed by atoms with Crippen LogP contribution in [0, 0.1) is 0 Å². The summed E-state index contributed by atoms with van der Waals surface area (Å²) in [5.74, 6) is 0.0970. The lowest BCUT2D eigenvalue weighted by molar-refractivity contribution is 0.454. The summed E-state index contributed by atoms with van der Waals surface area (Å²) in [6.07, 6.45) is 1.79. The molecule has 20 heavy (non-hydrogen) atoms. The average molecular weight is 273 g/mol. The molecule has 2 atom stereocenters. The van der Waals surface area contributed by atoms with Crippen molar-refractivity contribution in [3.63, 3.8) is 0 Å². The van der Waals surface area contributed by atoms with Crippen LogP contribution in [0.5, 0.6) is 5.75 Å². The van der Waals surface area contributed by atoms with Gasteiger partial charge in [0, 0.05) is 18.5 Å². The normalized spacial score (nSPS) is 22.5. The quantitative estimate of drug-likeness (QED) is 0.777. The molecular weight excluding hydrogens is 254 g/mol. The van der Waals surface area contributed by atoms with Crippen molar-refractivity contribution in [3.05, 3.63) is 40.2 Å². The maximum Gasteiger partial charge on any atom is 0.259 e. The summed E-state index contributed by atoms with van der Waals surface area (Å²) >= 11 is 0. The van der Waals surface area contributed by atoms with Crippen LogP contribution in [0.25, 0.3) is 10.9 Å². The number of hydrazine groups is 1. The summed E-state index contributed by atoms with van der Waals surface area (Å²) in [5.41, 5.74) is 7.35. The highest BCUT2D eigenvalue weighted by Gasteiger charge is 2.29. The molecule has 2 unspecified atom stereocenters. The average Bonchev–Trinajstić information content (AvgIpc) is 2.94. The van der Waals surface area contributed by atoms with E-state index in [1.165, 1.54) is 0 Å². The summed E-state index contributed by atoms with van der Waals surface area (Å²) in [7, 11) is 1.74. The van der Waals surface area contributed by atoms with Crippen LogP contribution in [0.1, 0.15) is 31.4 Å². The summed E-state index contributed by atoms with van der Waals surface area (Å²) in [6.45, 7) is 2.10. The molecule has 1 saturated heterocycles. The third-order valence-corrected chi connectivity index (χ3v) is 4.13. The molecule has 0 bridgehead atoms. The maximum absolute atomic E-state index is 12.5. The fraction of sp³-hybridized carbons (Fsp3) is 0.400. The Morgan fingerprint density at radius 3 is 2.80 bits per heavy atom. The zero-order chi connectivity index (χ0) is 14.3. The van der Waals surface area contributed by atoms with Gasteiger partial charge in [-0.3, -0.25) is 10.2 Å². The number of hydrogen-bond donors (Lipinski definition) is 3. The van der Waals surface area contributed by atoms with Crippen molar-refractivity contribution < 1.29 is 5.11 Å². The number of hydrogen-bond acceptors (Lipinski definition) is 4. The fourth-order valence-electron chi connectivity index (χ4n) is 2.90. The molecule has 0 aliphatic carbocycles. The molecule has 5 nitrogen and oxygen atoms in total. The van der Waals surface area contributed by atoms with Crippen LogP contribution in [0.4, 0.5) is 0 Å². The number of benzene rings is 1. The van der Waals surface area contributed by atoms with Crippen molar-refractivity contribution >= 4 is 10.9 Å². The van der Waals surface area contributed by atoms with Crippen molar-refractivity contribution in [2.24, 2.45) is 7.05 Å². The molecule has 0 amide bonds. The Bertz CT molecular complexity index is 708. The van der Waals surface area contributed by atoms with E-state index in [2.05, 4.69) is 17.8 Å². The van der Waals surface area contributed by atoms with Crippen LogP contribution in [-0.4, -0.2) is 15.7 Å². The van der Waals surface area contributed by atoms with Gasteiger partial charge in [-0.1, -0.05) is 19.1 Å². The lowest BCUT2D eigenvalue weighted by Crippen LogP contribution is -2.33. The van der Waals surface area contributed by atoms with E-state index < -0.39 is 0 Å². The predicted octanol–water partition coefficient (Wildman–Crippen LogP) is 1.56. The highest BCUT2D eigenvalue weighted by molar-refractivity contribution is 5.86. The van der Waals surface area contributed by atoms with Crippen molar-refractivity contribution in [1.82, 2.24) is 15.4 Å². The number of aromatic hydroxyl groups is 1. The Hall–Kier alpha value is -1.85. The molecule has 1 aliphatic heterocycles. The summed E-state index contributed by atoms with van der Waals surface area (Å²) < 4.78 is 1.60. The van der Waals surface area contributed by atoms with E-state index in [1.807, 2.05) is 24.3 Å².